The zero-order valence-corrected chi connectivity index (χ0v) is 29.1. The topological polar surface area (TPSA) is 16.1 Å². The summed E-state index contributed by atoms with van der Waals surface area (Å²) in [6, 6.07) is 59.2. The quantitative estimate of drug-likeness (QED) is 0.168. The van der Waals surface area contributed by atoms with Crippen LogP contribution in [0, 0.1) is 5.41 Å². The Hall–Kier alpha value is -6.51. The summed E-state index contributed by atoms with van der Waals surface area (Å²) in [6.07, 6.45) is 15.2. The Kier molecular flexibility index (Phi) is 8.06. The van der Waals surface area contributed by atoms with E-state index in [0.29, 0.717) is 0 Å². The molecule has 2 unspecified atom stereocenters. The van der Waals surface area contributed by atoms with E-state index in [0.717, 1.165) is 28.3 Å². The number of pyridine rings is 1. The standard InChI is InChI=1S/C50H38N2/c1-50-33-11-9-20-47(50)48(38-24-21-36(22-25-38)23-29-41-15-10-12-34-51-41)45-18-7-8-19-46(45)49(50)39-27-30-43(31-28-39)52(42-16-3-2-4-17-42)44-32-26-37-13-5-6-14-40(37)35-44/h2-35,49H,1H3/b29-23+. The van der Waals surface area contributed by atoms with Gasteiger partial charge < -0.3 is 4.90 Å². The Morgan fingerprint density at radius 1 is 0.596 bits per heavy atom. The molecule has 2 atom stereocenters. The van der Waals surface area contributed by atoms with Gasteiger partial charge in [-0.15, -0.1) is 0 Å². The lowest BCUT2D eigenvalue weighted by Crippen LogP contribution is -2.32. The van der Waals surface area contributed by atoms with Gasteiger partial charge in [0.1, 0.15) is 0 Å². The molecule has 2 heteroatoms. The van der Waals surface area contributed by atoms with Crippen molar-refractivity contribution in [2.75, 3.05) is 4.90 Å². The van der Waals surface area contributed by atoms with Crippen LogP contribution in [0.25, 0.3) is 28.5 Å². The largest absolute Gasteiger partial charge is 0.310 e. The third-order valence-corrected chi connectivity index (χ3v) is 10.6. The average Bonchev–Trinajstić information content (AvgIpc) is 3.20. The maximum atomic E-state index is 4.43. The van der Waals surface area contributed by atoms with Crippen LogP contribution < -0.4 is 4.90 Å². The van der Waals surface area contributed by atoms with Crippen LogP contribution in [0.15, 0.2) is 200 Å². The van der Waals surface area contributed by atoms with E-state index < -0.39 is 0 Å². The highest BCUT2D eigenvalue weighted by Crippen LogP contribution is 2.57. The molecule has 2 aliphatic carbocycles. The number of allylic oxidation sites excluding steroid dienone is 5. The highest BCUT2D eigenvalue weighted by Gasteiger charge is 2.44. The van der Waals surface area contributed by atoms with Crippen molar-refractivity contribution in [3.63, 3.8) is 0 Å². The molecule has 2 nitrogen and oxygen atoms in total. The van der Waals surface area contributed by atoms with Gasteiger partial charge in [0.15, 0.2) is 0 Å². The molecule has 9 rings (SSSR count). The molecule has 2 aliphatic rings. The number of hydrogen-bond acceptors (Lipinski definition) is 2. The Bertz CT molecular complexity index is 2510. The van der Waals surface area contributed by atoms with Gasteiger partial charge in [-0.05, 0) is 104 Å². The molecule has 0 saturated heterocycles. The van der Waals surface area contributed by atoms with Crippen molar-refractivity contribution in [1.82, 2.24) is 4.98 Å². The van der Waals surface area contributed by atoms with Crippen molar-refractivity contribution in [2.24, 2.45) is 5.41 Å². The maximum absolute atomic E-state index is 4.43. The fraction of sp³-hybridized carbons (Fsp3) is 0.0600. The van der Waals surface area contributed by atoms with Crippen LogP contribution >= 0.6 is 0 Å². The molecular weight excluding hydrogens is 629 g/mol. The number of nitrogens with zero attached hydrogens (tertiary/aromatic N) is 2. The van der Waals surface area contributed by atoms with Gasteiger partial charge in [0.2, 0.25) is 0 Å². The summed E-state index contributed by atoms with van der Waals surface area (Å²) >= 11 is 0. The number of aromatic nitrogens is 1. The zero-order valence-electron chi connectivity index (χ0n) is 29.1. The second-order valence-corrected chi connectivity index (χ2v) is 13.8. The van der Waals surface area contributed by atoms with E-state index in [4.69, 9.17) is 0 Å². The van der Waals surface area contributed by atoms with Gasteiger partial charge in [0, 0.05) is 34.6 Å². The molecule has 248 valence electrons. The minimum absolute atomic E-state index is 0.143. The molecule has 0 N–H and O–H groups in total. The normalized spacial score (nSPS) is 17.7. The van der Waals surface area contributed by atoms with Crippen molar-refractivity contribution < 1.29 is 0 Å². The van der Waals surface area contributed by atoms with Gasteiger partial charge in [-0.25, -0.2) is 0 Å². The van der Waals surface area contributed by atoms with Crippen LogP contribution in [0.2, 0.25) is 0 Å². The number of para-hydroxylation sites is 1. The maximum Gasteiger partial charge on any atom is 0.0629 e. The summed E-state index contributed by atoms with van der Waals surface area (Å²) in [6.45, 7) is 2.41. The van der Waals surface area contributed by atoms with E-state index in [1.165, 1.54) is 44.2 Å². The molecular formula is C50H38N2. The number of hydrogen-bond donors (Lipinski definition) is 0. The van der Waals surface area contributed by atoms with Crippen molar-refractivity contribution in [2.45, 2.75) is 12.8 Å². The average molecular weight is 667 g/mol. The van der Waals surface area contributed by atoms with E-state index in [1.807, 2.05) is 24.4 Å². The first-order valence-corrected chi connectivity index (χ1v) is 18.0. The fourth-order valence-electron chi connectivity index (χ4n) is 8.14. The smallest absolute Gasteiger partial charge is 0.0629 e. The molecule has 0 fully saturated rings. The molecule has 0 radical (unpaired) electrons. The third-order valence-electron chi connectivity index (χ3n) is 10.6. The Labute approximate surface area is 306 Å². The Morgan fingerprint density at radius 2 is 1.31 bits per heavy atom. The van der Waals surface area contributed by atoms with Crippen LogP contribution in [-0.2, 0) is 0 Å². The second kappa shape index (κ2) is 13.3. The molecule has 0 saturated carbocycles. The van der Waals surface area contributed by atoms with E-state index >= 15 is 0 Å². The minimum atomic E-state index is -0.241. The van der Waals surface area contributed by atoms with E-state index in [-0.39, 0.29) is 11.3 Å². The molecule has 52 heavy (non-hydrogen) atoms. The minimum Gasteiger partial charge on any atom is -0.310 e. The van der Waals surface area contributed by atoms with Crippen molar-refractivity contribution in [1.29, 1.82) is 0 Å². The molecule has 1 aromatic heterocycles. The lowest BCUT2D eigenvalue weighted by atomic mass is 9.58. The molecule has 1 heterocycles. The summed E-state index contributed by atoms with van der Waals surface area (Å²) in [5.74, 6) is 0.143. The molecule has 6 aromatic carbocycles. The summed E-state index contributed by atoms with van der Waals surface area (Å²) in [7, 11) is 0. The lowest BCUT2D eigenvalue weighted by molar-refractivity contribution is 0.448. The fourth-order valence-corrected chi connectivity index (χ4v) is 8.14. The van der Waals surface area contributed by atoms with Crippen LogP contribution in [0.1, 0.15) is 46.4 Å². The summed E-state index contributed by atoms with van der Waals surface area (Å²) in [4.78, 5) is 6.79. The van der Waals surface area contributed by atoms with Gasteiger partial charge in [-0.1, -0.05) is 153 Å². The van der Waals surface area contributed by atoms with E-state index in [1.54, 1.807) is 0 Å². The predicted octanol–water partition coefficient (Wildman–Crippen LogP) is 13.0. The number of fused-ring (bicyclic) bond motifs is 3. The second-order valence-electron chi connectivity index (χ2n) is 13.8. The first-order valence-electron chi connectivity index (χ1n) is 18.0. The molecule has 0 aliphatic heterocycles. The van der Waals surface area contributed by atoms with E-state index in [2.05, 4.69) is 199 Å². The summed E-state index contributed by atoms with van der Waals surface area (Å²) in [5, 5.41) is 2.47. The summed E-state index contributed by atoms with van der Waals surface area (Å²) < 4.78 is 0. The van der Waals surface area contributed by atoms with Crippen LogP contribution in [0.5, 0.6) is 0 Å². The first-order chi connectivity index (χ1) is 25.7. The van der Waals surface area contributed by atoms with Gasteiger partial charge in [0.25, 0.3) is 0 Å². The highest BCUT2D eigenvalue weighted by atomic mass is 15.1. The zero-order chi connectivity index (χ0) is 34.9. The number of benzene rings is 6. The predicted molar refractivity (Wildman–Crippen MR) is 219 cm³/mol. The van der Waals surface area contributed by atoms with Gasteiger partial charge >= 0.3 is 0 Å². The van der Waals surface area contributed by atoms with Crippen molar-refractivity contribution in [3.8, 4) is 0 Å². The monoisotopic (exact) mass is 666 g/mol. The Morgan fingerprint density at radius 3 is 2.12 bits per heavy atom. The molecule has 0 bridgehead atoms. The Balaban J connectivity index is 1.11. The van der Waals surface area contributed by atoms with Crippen LogP contribution in [-0.4, -0.2) is 4.98 Å². The summed E-state index contributed by atoms with van der Waals surface area (Å²) in [5.41, 5.74) is 13.1. The highest BCUT2D eigenvalue weighted by molar-refractivity contribution is 5.91. The number of anilines is 3. The number of rotatable bonds is 7. The van der Waals surface area contributed by atoms with Crippen molar-refractivity contribution >= 4 is 45.6 Å². The lowest BCUT2D eigenvalue weighted by Gasteiger charge is -2.45. The van der Waals surface area contributed by atoms with Gasteiger partial charge in [-0.3, -0.25) is 4.98 Å². The SMILES string of the molecule is CC12C=CC=CC1=C(c1ccc(/C=C/c3ccccn3)cc1)c1ccccc1C2c1ccc(N(c2ccccc2)c2ccc3ccccc3c2)cc1. The van der Waals surface area contributed by atoms with Crippen molar-refractivity contribution in [3.05, 3.63) is 233 Å². The molecule has 7 aromatic rings. The molecule has 0 spiro atoms. The van der Waals surface area contributed by atoms with Gasteiger partial charge in [-0.2, -0.15) is 0 Å². The van der Waals surface area contributed by atoms with E-state index in [9.17, 15) is 0 Å². The third kappa shape index (κ3) is 5.69. The van der Waals surface area contributed by atoms with Gasteiger partial charge in [0.05, 0.1) is 5.69 Å². The molecule has 0 amide bonds. The first kappa shape index (κ1) is 31.5. The van der Waals surface area contributed by atoms with Crippen LogP contribution in [0.4, 0.5) is 17.1 Å². The van der Waals surface area contributed by atoms with Crippen LogP contribution in [0.3, 0.4) is 0 Å².